The highest BCUT2D eigenvalue weighted by Crippen LogP contribution is 2.56. The highest BCUT2D eigenvalue weighted by Gasteiger charge is 2.53. The molecule has 27 heavy (non-hydrogen) atoms. The summed E-state index contributed by atoms with van der Waals surface area (Å²) in [5, 5.41) is 18.8. The molecule has 0 bridgehead atoms. The first-order chi connectivity index (χ1) is 13.1. The number of ether oxygens (including phenoxy) is 2. The van der Waals surface area contributed by atoms with Gasteiger partial charge < -0.3 is 24.3 Å². The summed E-state index contributed by atoms with van der Waals surface area (Å²) in [5.74, 6) is 0.726. The van der Waals surface area contributed by atoms with E-state index in [2.05, 4.69) is 0 Å². The molecule has 1 radical (unpaired) electrons. The molecule has 7 heteroatoms. The molecule has 6 nitrogen and oxygen atoms in total. The minimum Gasteiger partial charge on any atom is -0.537 e. The van der Waals surface area contributed by atoms with E-state index >= 15 is 0 Å². The lowest BCUT2D eigenvalue weighted by Crippen LogP contribution is -2.32. The molecule has 0 saturated carbocycles. The molecular formula is C20H12BO6. The molecule has 0 fully saturated rings. The molecule has 1 spiro atoms. The third kappa shape index (κ3) is 2.09. The van der Waals surface area contributed by atoms with Gasteiger partial charge in [0.1, 0.15) is 23.0 Å². The van der Waals surface area contributed by atoms with Gasteiger partial charge in [0.15, 0.2) is 5.60 Å². The Balaban J connectivity index is 1.84. The van der Waals surface area contributed by atoms with Crippen LogP contribution in [-0.2, 0) is 10.3 Å². The molecule has 0 amide bonds. The van der Waals surface area contributed by atoms with Crippen LogP contribution in [0.15, 0.2) is 60.7 Å². The maximum Gasteiger partial charge on any atom is 0.569 e. The summed E-state index contributed by atoms with van der Waals surface area (Å²) >= 11 is 0. The number of phenolic OH excluding ortho intramolecular Hbond substituents is 1. The summed E-state index contributed by atoms with van der Waals surface area (Å²) in [6.45, 7) is 0. The fraction of sp³-hybridized carbons (Fsp3) is 0.0500. The lowest BCUT2D eigenvalue weighted by Gasteiger charge is -2.36. The molecule has 5 rings (SSSR count). The average Bonchev–Trinajstić information content (AvgIpc) is 2.95. The average molecular weight is 359 g/mol. The van der Waals surface area contributed by atoms with Crippen LogP contribution < -0.4 is 9.39 Å². The van der Waals surface area contributed by atoms with Crippen molar-refractivity contribution in [1.82, 2.24) is 0 Å². The van der Waals surface area contributed by atoms with E-state index in [-0.39, 0.29) is 5.75 Å². The van der Waals surface area contributed by atoms with Crippen molar-refractivity contribution in [1.29, 1.82) is 0 Å². The first-order valence-electron chi connectivity index (χ1n) is 8.25. The number of fused-ring (bicyclic) bond motifs is 6. The van der Waals surface area contributed by atoms with E-state index in [1.807, 2.05) is 12.1 Å². The Bertz CT molecular complexity index is 1100. The summed E-state index contributed by atoms with van der Waals surface area (Å²) in [4.78, 5) is 12.6. The SMILES string of the molecule is O=C1OC2(c3ccc(O)cc3Oc3cc(O[B]O)ccc32)c2ccccc21. The number of carbonyl (C=O) groups is 1. The fourth-order valence-electron chi connectivity index (χ4n) is 3.78. The third-order valence-corrected chi connectivity index (χ3v) is 4.86. The van der Waals surface area contributed by atoms with E-state index in [4.69, 9.17) is 19.2 Å². The van der Waals surface area contributed by atoms with Crippen molar-refractivity contribution in [3.05, 3.63) is 82.9 Å². The largest absolute Gasteiger partial charge is 0.569 e. The number of rotatable bonds is 2. The molecule has 3 aromatic rings. The number of hydrogen-bond donors (Lipinski definition) is 2. The second-order valence-corrected chi connectivity index (χ2v) is 6.28. The van der Waals surface area contributed by atoms with Gasteiger partial charge in [0.05, 0.1) is 5.56 Å². The number of hydrogen-bond acceptors (Lipinski definition) is 6. The number of aromatic hydroxyl groups is 1. The van der Waals surface area contributed by atoms with Crippen LogP contribution in [0.4, 0.5) is 0 Å². The van der Waals surface area contributed by atoms with Crippen molar-refractivity contribution < 1.29 is 29.1 Å². The number of benzene rings is 3. The Hall–Kier alpha value is -3.45. The van der Waals surface area contributed by atoms with Gasteiger partial charge in [-0.1, -0.05) is 18.2 Å². The minimum atomic E-state index is -1.19. The van der Waals surface area contributed by atoms with Gasteiger partial charge in [-0.25, -0.2) is 4.79 Å². The van der Waals surface area contributed by atoms with Gasteiger partial charge in [0.25, 0.3) is 0 Å². The zero-order chi connectivity index (χ0) is 18.6. The van der Waals surface area contributed by atoms with E-state index in [1.165, 1.54) is 12.1 Å². The second-order valence-electron chi connectivity index (χ2n) is 6.28. The molecule has 2 heterocycles. The van der Waals surface area contributed by atoms with Crippen LogP contribution in [-0.4, -0.2) is 23.8 Å². The van der Waals surface area contributed by atoms with Gasteiger partial charge in [-0.2, -0.15) is 0 Å². The predicted molar refractivity (Wildman–Crippen MR) is 95.0 cm³/mol. The Morgan fingerprint density at radius 1 is 0.926 bits per heavy atom. The molecule has 2 aliphatic rings. The van der Waals surface area contributed by atoms with Gasteiger partial charge in [-0.3, -0.25) is 0 Å². The first kappa shape index (κ1) is 15.8. The van der Waals surface area contributed by atoms with Crippen LogP contribution in [0, 0.1) is 0 Å². The molecule has 0 aromatic heterocycles. The van der Waals surface area contributed by atoms with Gasteiger partial charge in [-0.15, -0.1) is 0 Å². The highest BCUT2D eigenvalue weighted by atomic mass is 16.6. The van der Waals surface area contributed by atoms with Crippen LogP contribution in [0.25, 0.3) is 0 Å². The Labute approximate surface area is 154 Å². The molecule has 2 N–H and O–H groups in total. The number of carbonyl (C=O) groups excluding carboxylic acids is 1. The summed E-state index contributed by atoms with van der Waals surface area (Å²) in [6.07, 6.45) is 0. The minimum absolute atomic E-state index is 0.0288. The van der Waals surface area contributed by atoms with Gasteiger partial charge in [-0.05, 0) is 30.3 Å². The molecule has 2 aliphatic heterocycles. The van der Waals surface area contributed by atoms with E-state index in [0.29, 0.717) is 47.2 Å². The standard InChI is InChI=1S/C20H12BO6/c22-11-5-7-15-17(9-11)25-18-10-12(27-21-24)6-8-16(18)20(15)14-4-2-1-3-13(14)19(23)26-20/h1-10,22,24H. The van der Waals surface area contributed by atoms with Gasteiger partial charge in [0.2, 0.25) is 0 Å². The van der Waals surface area contributed by atoms with Crippen LogP contribution in [0.2, 0.25) is 0 Å². The summed E-state index contributed by atoms with van der Waals surface area (Å²) in [5.41, 5.74) is 1.24. The quantitative estimate of drug-likeness (QED) is 0.541. The monoisotopic (exact) mass is 359 g/mol. The van der Waals surface area contributed by atoms with E-state index in [1.54, 1.807) is 36.4 Å². The predicted octanol–water partition coefficient (Wildman–Crippen LogP) is 2.87. The summed E-state index contributed by atoms with van der Waals surface area (Å²) in [6, 6.07) is 16.9. The zero-order valence-corrected chi connectivity index (χ0v) is 13.9. The smallest absolute Gasteiger partial charge is 0.537 e. The van der Waals surface area contributed by atoms with Crippen LogP contribution in [0.1, 0.15) is 27.0 Å². The fourth-order valence-corrected chi connectivity index (χ4v) is 3.78. The van der Waals surface area contributed by atoms with Gasteiger partial charge in [0, 0.05) is 28.8 Å². The van der Waals surface area contributed by atoms with Gasteiger partial charge >= 0.3 is 13.7 Å². The van der Waals surface area contributed by atoms with Crippen molar-refractivity contribution in [3.8, 4) is 23.0 Å². The Kier molecular flexibility index (Phi) is 3.23. The number of esters is 1. The van der Waals surface area contributed by atoms with Crippen LogP contribution >= 0.6 is 0 Å². The van der Waals surface area contributed by atoms with Crippen molar-refractivity contribution in [3.63, 3.8) is 0 Å². The van der Waals surface area contributed by atoms with E-state index < -0.39 is 11.6 Å². The van der Waals surface area contributed by atoms with E-state index in [0.717, 1.165) is 0 Å². The zero-order valence-electron chi connectivity index (χ0n) is 13.9. The van der Waals surface area contributed by atoms with Crippen molar-refractivity contribution in [2.24, 2.45) is 0 Å². The van der Waals surface area contributed by atoms with Crippen LogP contribution in [0.3, 0.4) is 0 Å². The lowest BCUT2D eigenvalue weighted by atomic mass is 9.77. The molecule has 3 aromatic carbocycles. The molecule has 1 unspecified atom stereocenters. The topological polar surface area (TPSA) is 85.2 Å². The molecule has 131 valence electrons. The molecular weight excluding hydrogens is 347 g/mol. The second kappa shape index (κ2) is 5.52. The summed E-state index contributed by atoms with van der Waals surface area (Å²) < 4.78 is 16.9. The third-order valence-electron chi connectivity index (χ3n) is 4.86. The normalized spacial score (nSPS) is 18.8. The van der Waals surface area contributed by atoms with Crippen LogP contribution in [0.5, 0.6) is 23.0 Å². The Morgan fingerprint density at radius 2 is 1.67 bits per heavy atom. The van der Waals surface area contributed by atoms with Crippen molar-refractivity contribution in [2.75, 3.05) is 0 Å². The first-order valence-corrected chi connectivity index (χ1v) is 8.25. The molecule has 1 atom stereocenters. The maximum absolute atomic E-state index is 12.6. The number of phenols is 1. The van der Waals surface area contributed by atoms with E-state index in [9.17, 15) is 9.90 Å². The summed E-state index contributed by atoms with van der Waals surface area (Å²) in [7, 11) is 0.574. The van der Waals surface area contributed by atoms with Crippen molar-refractivity contribution in [2.45, 2.75) is 5.60 Å². The molecule has 0 aliphatic carbocycles. The van der Waals surface area contributed by atoms with Crippen molar-refractivity contribution >= 4 is 13.7 Å². The lowest BCUT2D eigenvalue weighted by molar-refractivity contribution is 0.0224. The molecule has 0 saturated heterocycles. The highest BCUT2D eigenvalue weighted by molar-refractivity contribution is 6.17. The Morgan fingerprint density at radius 3 is 2.48 bits per heavy atom. The maximum atomic E-state index is 12.6.